The first-order chi connectivity index (χ1) is 9.88. The van der Waals surface area contributed by atoms with Crippen LogP contribution in [0, 0.1) is 11.6 Å². The fraction of sp³-hybridized carbons (Fsp3) is 0.143. The van der Waals surface area contributed by atoms with E-state index in [-0.39, 0.29) is 20.8 Å². The minimum Gasteiger partial charge on any atom is -0.374 e. The van der Waals surface area contributed by atoms with Gasteiger partial charge in [-0.3, -0.25) is 0 Å². The molecule has 2 aromatic carbocycles. The molecular formula is C14H10BrF2NO2S. The van der Waals surface area contributed by atoms with Gasteiger partial charge in [0.25, 0.3) is 0 Å². The Bertz CT molecular complexity index is 800. The second kappa shape index (κ2) is 5.06. The van der Waals surface area contributed by atoms with Crippen molar-refractivity contribution in [3.8, 4) is 0 Å². The lowest BCUT2D eigenvalue weighted by Crippen LogP contribution is -2.14. The third kappa shape index (κ3) is 2.55. The molecule has 0 spiro atoms. The quantitative estimate of drug-likeness (QED) is 0.873. The molecule has 0 aromatic heterocycles. The highest BCUT2D eigenvalue weighted by molar-refractivity contribution is 9.10. The van der Waals surface area contributed by atoms with Gasteiger partial charge in [-0.05, 0) is 33.6 Å². The summed E-state index contributed by atoms with van der Waals surface area (Å²) in [6, 6.07) is 7.90. The summed E-state index contributed by atoms with van der Waals surface area (Å²) in [4.78, 5) is 0.251. The van der Waals surface area contributed by atoms with E-state index >= 15 is 0 Å². The molecule has 0 fully saturated rings. The lowest BCUT2D eigenvalue weighted by atomic mass is 10.1. The van der Waals surface area contributed by atoms with Crippen molar-refractivity contribution in [2.24, 2.45) is 0 Å². The zero-order chi connectivity index (χ0) is 15.2. The molecule has 0 saturated carbocycles. The Balaban J connectivity index is 2.02. The molecule has 21 heavy (non-hydrogen) atoms. The van der Waals surface area contributed by atoms with Gasteiger partial charge in [0.2, 0.25) is 0 Å². The summed E-state index contributed by atoms with van der Waals surface area (Å²) < 4.78 is 51.3. The number of anilines is 1. The van der Waals surface area contributed by atoms with Crippen LogP contribution in [0.4, 0.5) is 14.5 Å². The summed E-state index contributed by atoms with van der Waals surface area (Å²) in [6.07, 6.45) is 0. The Hall–Kier alpha value is -1.47. The lowest BCUT2D eigenvalue weighted by molar-refractivity contribution is 0.581. The SMILES string of the molecule is O=S1(=O)CC(Nc2c(F)cc(F)cc2Br)c2ccccc21. The van der Waals surface area contributed by atoms with Crippen molar-refractivity contribution < 1.29 is 17.2 Å². The Morgan fingerprint density at radius 1 is 1.19 bits per heavy atom. The van der Waals surface area contributed by atoms with Gasteiger partial charge in [-0.15, -0.1) is 0 Å². The number of benzene rings is 2. The standard InChI is InChI=1S/C14H10BrF2NO2S/c15-10-5-8(16)6-11(17)14(10)18-12-7-21(19,20)13-4-2-1-3-9(12)13/h1-6,12,18H,7H2. The smallest absolute Gasteiger partial charge is 0.181 e. The molecular weight excluding hydrogens is 364 g/mol. The zero-order valence-corrected chi connectivity index (χ0v) is 13.0. The van der Waals surface area contributed by atoms with Crippen LogP contribution in [-0.4, -0.2) is 14.2 Å². The summed E-state index contributed by atoms with van der Waals surface area (Å²) in [6.45, 7) is 0. The van der Waals surface area contributed by atoms with Crippen molar-refractivity contribution in [2.45, 2.75) is 10.9 Å². The Labute approximate surface area is 129 Å². The molecule has 1 heterocycles. The minimum atomic E-state index is -3.38. The maximum Gasteiger partial charge on any atom is 0.181 e. The Kier molecular flexibility index (Phi) is 3.49. The highest BCUT2D eigenvalue weighted by Crippen LogP contribution is 2.37. The molecule has 1 atom stereocenters. The monoisotopic (exact) mass is 373 g/mol. The van der Waals surface area contributed by atoms with Crippen LogP contribution in [0.25, 0.3) is 0 Å². The Morgan fingerprint density at radius 3 is 2.62 bits per heavy atom. The number of nitrogens with one attached hydrogen (secondary N) is 1. The number of sulfone groups is 1. The zero-order valence-electron chi connectivity index (χ0n) is 10.6. The van der Waals surface area contributed by atoms with Crippen LogP contribution in [0.3, 0.4) is 0 Å². The molecule has 1 aliphatic rings. The van der Waals surface area contributed by atoms with Crippen LogP contribution in [0.1, 0.15) is 11.6 Å². The predicted molar refractivity (Wildman–Crippen MR) is 78.9 cm³/mol. The van der Waals surface area contributed by atoms with E-state index in [0.717, 1.165) is 12.1 Å². The number of rotatable bonds is 2. The summed E-state index contributed by atoms with van der Waals surface area (Å²) in [7, 11) is -3.38. The fourth-order valence-electron chi connectivity index (χ4n) is 2.42. The van der Waals surface area contributed by atoms with E-state index in [0.29, 0.717) is 5.56 Å². The van der Waals surface area contributed by atoms with Crippen LogP contribution in [-0.2, 0) is 9.84 Å². The first-order valence-electron chi connectivity index (χ1n) is 6.11. The van der Waals surface area contributed by atoms with Gasteiger partial charge in [0, 0.05) is 10.5 Å². The minimum absolute atomic E-state index is 0.0494. The van der Waals surface area contributed by atoms with Crippen LogP contribution < -0.4 is 5.32 Å². The molecule has 0 bridgehead atoms. The van der Waals surface area contributed by atoms with Gasteiger partial charge in [-0.2, -0.15) is 0 Å². The van der Waals surface area contributed by atoms with E-state index in [1.807, 2.05) is 0 Å². The second-order valence-corrected chi connectivity index (χ2v) is 7.62. The average molecular weight is 374 g/mol. The largest absolute Gasteiger partial charge is 0.374 e. The van der Waals surface area contributed by atoms with Crippen molar-refractivity contribution in [3.63, 3.8) is 0 Å². The van der Waals surface area contributed by atoms with Crippen molar-refractivity contribution in [1.82, 2.24) is 0 Å². The topological polar surface area (TPSA) is 46.2 Å². The summed E-state index contributed by atoms with van der Waals surface area (Å²) in [5.41, 5.74) is 0.640. The molecule has 0 amide bonds. The second-order valence-electron chi connectivity index (χ2n) is 4.76. The van der Waals surface area contributed by atoms with Crippen molar-refractivity contribution in [3.05, 3.63) is 58.1 Å². The molecule has 2 aromatic rings. The molecule has 1 N–H and O–H groups in total. The predicted octanol–water partition coefficient (Wildman–Crippen LogP) is 3.67. The van der Waals surface area contributed by atoms with Gasteiger partial charge >= 0.3 is 0 Å². The van der Waals surface area contributed by atoms with Crippen LogP contribution >= 0.6 is 15.9 Å². The van der Waals surface area contributed by atoms with Gasteiger partial charge in [0.15, 0.2) is 9.84 Å². The summed E-state index contributed by atoms with van der Waals surface area (Å²) >= 11 is 3.08. The molecule has 7 heteroatoms. The maximum atomic E-state index is 13.9. The number of hydrogen-bond acceptors (Lipinski definition) is 3. The molecule has 1 unspecified atom stereocenters. The first kappa shape index (κ1) is 14.5. The third-order valence-corrected chi connectivity index (χ3v) is 5.78. The van der Waals surface area contributed by atoms with E-state index in [1.54, 1.807) is 18.2 Å². The number of hydrogen-bond donors (Lipinski definition) is 1. The van der Waals surface area contributed by atoms with Crippen LogP contribution in [0.2, 0.25) is 0 Å². The van der Waals surface area contributed by atoms with Gasteiger partial charge in [-0.1, -0.05) is 18.2 Å². The van der Waals surface area contributed by atoms with E-state index in [2.05, 4.69) is 21.2 Å². The van der Waals surface area contributed by atoms with Crippen LogP contribution in [0.15, 0.2) is 45.8 Å². The van der Waals surface area contributed by atoms with Gasteiger partial charge in [-0.25, -0.2) is 17.2 Å². The molecule has 110 valence electrons. The number of fused-ring (bicyclic) bond motifs is 1. The van der Waals surface area contributed by atoms with E-state index in [4.69, 9.17) is 0 Å². The summed E-state index contributed by atoms with van der Waals surface area (Å²) in [5, 5.41) is 2.85. The van der Waals surface area contributed by atoms with Crippen molar-refractivity contribution in [2.75, 3.05) is 11.1 Å². The normalized spacial score (nSPS) is 19.3. The van der Waals surface area contributed by atoms with Gasteiger partial charge < -0.3 is 5.32 Å². The molecule has 3 rings (SSSR count). The maximum absolute atomic E-state index is 13.9. The highest BCUT2D eigenvalue weighted by atomic mass is 79.9. The van der Waals surface area contributed by atoms with E-state index in [9.17, 15) is 17.2 Å². The van der Waals surface area contributed by atoms with E-state index in [1.165, 1.54) is 6.07 Å². The third-order valence-electron chi connectivity index (χ3n) is 3.34. The highest BCUT2D eigenvalue weighted by Gasteiger charge is 2.34. The van der Waals surface area contributed by atoms with Gasteiger partial charge in [0.05, 0.1) is 22.4 Å². The van der Waals surface area contributed by atoms with Crippen molar-refractivity contribution >= 4 is 31.5 Å². The first-order valence-corrected chi connectivity index (χ1v) is 8.56. The summed E-state index contributed by atoms with van der Waals surface area (Å²) in [5.74, 6) is -1.64. The molecule has 0 radical (unpaired) electrons. The number of halogens is 3. The molecule has 1 aliphatic heterocycles. The molecule has 3 nitrogen and oxygen atoms in total. The van der Waals surface area contributed by atoms with Crippen LogP contribution in [0.5, 0.6) is 0 Å². The molecule has 0 saturated heterocycles. The van der Waals surface area contributed by atoms with E-state index < -0.39 is 27.5 Å². The average Bonchev–Trinajstić information content (AvgIpc) is 2.66. The lowest BCUT2D eigenvalue weighted by Gasteiger charge is -2.16. The van der Waals surface area contributed by atoms with Crippen molar-refractivity contribution in [1.29, 1.82) is 0 Å². The fourth-order valence-corrected chi connectivity index (χ4v) is 4.68. The van der Waals surface area contributed by atoms with Gasteiger partial charge in [0.1, 0.15) is 11.6 Å². The molecule has 0 aliphatic carbocycles. The Morgan fingerprint density at radius 2 is 1.90 bits per heavy atom.